The Bertz CT molecular complexity index is 507. The van der Waals surface area contributed by atoms with E-state index in [-0.39, 0.29) is 11.4 Å². The Hall–Kier alpha value is -2.44. The van der Waals surface area contributed by atoms with Crippen LogP contribution in [0.25, 0.3) is 0 Å². The molecule has 1 rings (SSSR count). The van der Waals surface area contributed by atoms with Gasteiger partial charge < -0.3 is 15.0 Å². The van der Waals surface area contributed by atoms with Crippen molar-refractivity contribution in [3.8, 4) is 5.75 Å². The first kappa shape index (κ1) is 14.6. The number of nitrogens with one attached hydrogen (secondary N) is 1. The number of oxime groups is 2. The highest BCUT2D eigenvalue weighted by Gasteiger charge is 2.20. The standard InChI is InChI=1S/C12H16N4O3/c1-8(2)15-19-9-6-5-7-14-10(9)11(16-18-4)12(17)13-3/h5-7H,1-4H3,(H,13,17)/b16-11+. The van der Waals surface area contributed by atoms with Crippen LogP contribution in [0.5, 0.6) is 5.75 Å². The van der Waals surface area contributed by atoms with Gasteiger partial charge in [0.1, 0.15) is 12.8 Å². The zero-order valence-corrected chi connectivity index (χ0v) is 11.3. The molecule has 102 valence electrons. The van der Waals surface area contributed by atoms with Crippen LogP contribution in [0, 0.1) is 0 Å². The minimum absolute atomic E-state index is 0.0181. The zero-order chi connectivity index (χ0) is 14.3. The molecule has 1 N–H and O–H groups in total. The van der Waals surface area contributed by atoms with Gasteiger partial charge in [-0.3, -0.25) is 9.78 Å². The molecule has 0 aliphatic rings. The first-order chi connectivity index (χ1) is 9.10. The Balaban J connectivity index is 3.20. The fraction of sp³-hybridized carbons (Fsp3) is 0.333. The Labute approximate surface area is 111 Å². The molecule has 1 aromatic rings. The van der Waals surface area contributed by atoms with E-state index in [9.17, 15) is 4.79 Å². The molecule has 7 nitrogen and oxygen atoms in total. The lowest BCUT2D eigenvalue weighted by molar-refractivity contribution is -0.114. The van der Waals surface area contributed by atoms with Crippen LogP contribution in [-0.4, -0.2) is 36.5 Å². The number of hydrogen-bond acceptors (Lipinski definition) is 6. The predicted molar refractivity (Wildman–Crippen MR) is 71.3 cm³/mol. The molecule has 0 spiro atoms. The first-order valence-electron chi connectivity index (χ1n) is 5.57. The van der Waals surface area contributed by atoms with E-state index in [0.717, 1.165) is 5.71 Å². The quantitative estimate of drug-likeness (QED) is 0.634. The average Bonchev–Trinajstić information content (AvgIpc) is 2.42. The molecule has 7 heteroatoms. The predicted octanol–water partition coefficient (Wildman–Crippen LogP) is 0.953. The van der Waals surface area contributed by atoms with Crippen LogP contribution in [0.15, 0.2) is 28.6 Å². The molecular formula is C12H16N4O3. The SMILES string of the molecule is CNC(=O)/C(=N/OC)c1ncccc1ON=C(C)C. The number of likely N-dealkylation sites (N-methyl/N-ethyl adjacent to an activating group) is 1. The molecule has 0 aromatic carbocycles. The van der Waals surface area contributed by atoms with Crippen LogP contribution in [0.1, 0.15) is 19.5 Å². The van der Waals surface area contributed by atoms with Gasteiger partial charge in [0.25, 0.3) is 5.91 Å². The summed E-state index contributed by atoms with van der Waals surface area (Å²) in [7, 11) is 2.84. The van der Waals surface area contributed by atoms with E-state index in [1.165, 1.54) is 20.4 Å². The number of pyridine rings is 1. The Kier molecular flexibility index (Phi) is 5.46. The maximum atomic E-state index is 11.7. The van der Waals surface area contributed by atoms with Gasteiger partial charge in [-0.1, -0.05) is 10.3 Å². The third kappa shape index (κ3) is 4.06. The second-order valence-electron chi connectivity index (χ2n) is 3.68. The molecule has 0 fully saturated rings. The maximum Gasteiger partial charge on any atom is 0.275 e. The van der Waals surface area contributed by atoms with Crippen molar-refractivity contribution in [2.45, 2.75) is 13.8 Å². The third-order valence-electron chi connectivity index (χ3n) is 1.95. The van der Waals surface area contributed by atoms with E-state index in [0.29, 0.717) is 5.75 Å². The molecule has 0 atom stereocenters. The molecule has 0 aliphatic heterocycles. The summed E-state index contributed by atoms with van der Waals surface area (Å²) in [6, 6.07) is 3.32. The lowest BCUT2D eigenvalue weighted by Crippen LogP contribution is -2.29. The monoisotopic (exact) mass is 264 g/mol. The second kappa shape index (κ2) is 7.10. The van der Waals surface area contributed by atoms with Gasteiger partial charge in [-0.15, -0.1) is 0 Å². The highest BCUT2D eigenvalue weighted by molar-refractivity contribution is 6.45. The molecule has 0 aliphatic carbocycles. The maximum absolute atomic E-state index is 11.7. The molecular weight excluding hydrogens is 248 g/mol. The number of rotatable bonds is 5. The van der Waals surface area contributed by atoms with Crippen molar-refractivity contribution in [1.29, 1.82) is 0 Å². The van der Waals surface area contributed by atoms with Gasteiger partial charge in [-0.2, -0.15) is 0 Å². The molecule has 1 amide bonds. The van der Waals surface area contributed by atoms with Crippen molar-refractivity contribution >= 4 is 17.3 Å². The largest absolute Gasteiger partial charge is 0.398 e. The normalized spacial score (nSPS) is 10.6. The fourth-order valence-electron chi connectivity index (χ4n) is 1.18. The van der Waals surface area contributed by atoms with Crippen molar-refractivity contribution < 1.29 is 14.5 Å². The topological polar surface area (TPSA) is 85.2 Å². The van der Waals surface area contributed by atoms with Gasteiger partial charge in [0, 0.05) is 13.2 Å². The molecule has 1 aromatic heterocycles. The molecule has 0 saturated heterocycles. The van der Waals surface area contributed by atoms with Crippen molar-refractivity contribution in [1.82, 2.24) is 10.3 Å². The lowest BCUT2D eigenvalue weighted by Gasteiger charge is -2.07. The van der Waals surface area contributed by atoms with Crippen LogP contribution in [-0.2, 0) is 9.63 Å². The third-order valence-corrected chi connectivity index (χ3v) is 1.95. The summed E-state index contributed by atoms with van der Waals surface area (Å²) in [5.74, 6) is -0.106. The minimum Gasteiger partial charge on any atom is -0.398 e. The van der Waals surface area contributed by atoms with Crippen molar-refractivity contribution in [3.05, 3.63) is 24.0 Å². The molecule has 0 unspecified atom stereocenters. The van der Waals surface area contributed by atoms with Gasteiger partial charge in [-0.25, -0.2) is 0 Å². The van der Waals surface area contributed by atoms with Crippen molar-refractivity contribution in [2.75, 3.05) is 14.2 Å². The summed E-state index contributed by atoms with van der Waals surface area (Å²) >= 11 is 0. The van der Waals surface area contributed by atoms with E-state index in [4.69, 9.17) is 4.84 Å². The summed E-state index contributed by atoms with van der Waals surface area (Å²) in [4.78, 5) is 25.7. The average molecular weight is 264 g/mol. The van der Waals surface area contributed by atoms with Gasteiger partial charge in [-0.05, 0) is 26.0 Å². The van der Waals surface area contributed by atoms with Crippen LogP contribution < -0.4 is 10.2 Å². The van der Waals surface area contributed by atoms with Gasteiger partial charge in [0.15, 0.2) is 11.5 Å². The summed E-state index contributed by atoms with van der Waals surface area (Å²) in [5.41, 5.74) is 1.01. The first-order valence-corrected chi connectivity index (χ1v) is 5.57. The number of hydrogen-bond donors (Lipinski definition) is 1. The highest BCUT2D eigenvalue weighted by Crippen LogP contribution is 2.17. The van der Waals surface area contributed by atoms with Crippen LogP contribution in [0.3, 0.4) is 0 Å². The fourth-order valence-corrected chi connectivity index (χ4v) is 1.18. The minimum atomic E-state index is -0.428. The molecule has 0 saturated carbocycles. The number of carbonyl (C=O) groups excluding carboxylic acids is 1. The molecule has 0 bridgehead atoms. The number of aromatic nitrogens is 1. The second-order valence-corrected chi connectivity index (χ2v) is 3.68. The number of carbonyl (C=O) groups is 1. The lowest BCUT2D eigenvalue weighted by atomic mass is 10.2. The Morgan fingerprint density at radius 1 is 1.37 bits per heavy atom. The van der Waals surface area contributed by atoms with Crippen LogP contribution >= 0.6 is 0 Å². The summed E-state index contributed by atoms with van der Waals surface area (Å²) in [5, 5.41) is 9.96. The summed E-state index contributed by atoms with van der Waals surface area (Å²) in [6.07, 6.45) is 1.53. The van der Waals surface area contributed by atoms with Gasteiger partial charge >= 0.3 is 0 Å². The smallest absolute Gasteiger partial charge is 0.275 e. The number of nitrogens with zero attached hydrogens (tertiary/aromatic N) is 3. The van der Waals surface area contributed by atoms with Crippen molar-refractivity contribution in [3.63, 3.8) is 0 Å². The van der Waals surface area contributed by atoms with E-state index in [2.05, 4.69) is 25.4 Å². The van der Waals surface area contributed by atoms with Crippen LogP contribution in [0.2, 0.25) is 0 Å². The molecule has 0 radical (unpaired) electrons. The molecule has 1 heterocycles. The Morgan fingerprint density at radius 3 is 2.68 bits per heavy atom. The van der Waals surface area contributed by atoms with E-state index in [1.54, 1.807) is 26.0 Å². The van der Waals surface area contributed by atoms with Crippen molar-refractivity contribution in [2.24, 2.45) is 10.3 Å². The van der Waals surface area contributed by atoms with E-state index in [1.807, 2.05) is 0 Å². The van der Waals surface area contributed by atoms with Crippen LogP contribution in [0.4, 0.5) is 0 Å². The summed E-state index contributed by atoms with van der Waals surface area (Å²) < 4.78 is 0. The Morgan fingerprint density at radius 2 is 2.11 bits per heavy atom. The highest BCUT2D eigenvalue weighted by atomic mass is 16.6. The van der Waals surface area contributed by atoms with E-state index < -0.39 is 5.91 Å². The molecule has 19 heavy (non-hydrogen) atoms. The number of amides is 1. The summed E-state index contributed by atoms with van der Waals surface area (Å²) in [6.45, 7) is 3.58. The van der Waals surface area contributed by atoms with E-state index >= 15 is 0 Å². The van der Waals surface area contributed by atoms with Gasteiger partial charge in [0.05, 0.1) is 5.71 Å². The zero-order valence-electron chi connectivity index (χ0n) is 11.3. The van der Waals surface area contributed by atoms with Gasteiger partial charge in [0.2, 0.25) is 0 Å².